The molecule has 0 unspecified atom stereocenters. The van der Waals surface area contributed by atoms with Crippen LogP contribution in [0.3, 0.4) is 0 Å². The molecular formula is C27H37N3O5. The summed E-state index contributed by atoms with van der Waals surface area (Å²) in [4.78, 5) is 15.7. The van der Waals surface area contributed by atoms with E-state index in [1.54, 1.807) is 27.4 Å². The van der Waals surface area contributed by atoms with Gasteiger partial charge in [0.15, 0.2) is 11.5 Å². The van der Waals surface area contributed by atoms with Crippen LogP contribution in [0.4, 0.5) is 5.69 Å². The Morgan fingerprint density at radius 2 is 1.83 bits per heavy atom. The smallest absolute Gasteiger partial charge is 0.203 e. The predicted molar refractivity (Wildman–Crippen MR) is 138 cm³/mol. The molecule has 35 heavy (non-hydrogen) atoms. The lowest BCUT2D eigenvalue weighted by Gasteiger charge is -2.26. The second-order valence-corrected chi connectivity index (χ2v) is 8.92. The fourth-order valence-electron chi connectivity index (χ4n) is 5.11. The highest BCUT2D eigenvalue weighted by atomic mass is 16.5. The number of hydrogen-bond acceptors (Lipinski definition) is 8. The van der Waals surface area contributed by atoms with Gasteiger partial charge >= 0.3 is 0 Å². The second kappa shape index (κ2) is 11.7. The summed E-state index contributed by atoms with van der Waals surface area (Å²) >= 11 is 0. The van der Waals surface area contributed by atoms with E-state index in [2.05, 4.69) is 15.5 Å². The highest BCUT2D eigenvalue weighted by molar-refractivity contribution is 5.83. The summed E-state index contributed by atoms with van der Waals surface area (Å²) in [6, 6.07) is 7.76. The van der Waals surface area contributed by atoms with Gasteiger partial charge in [-0.15, -0.1) is 0 Å². The summed E-state index contributed by atoms with van der Waals surface area (Å²) in [6.07, 6.45) is 2.63. The number of aryl methyl sites for hydroxylation is 1. The number of nitrogens with one attached hydrogen (secondary N) is 2. The van der Waals surface area contributed by atoms with Gasteiger partial charge < -0.3 is 29.6 Å². The van der Waals surface area contributed by atoms with Gasteiger partial charge in [-0.25, -0.2) is 0 Å². The van der Waals surface area contributed by atoms with Gasteiger partial charge in [-0.2, -0.15) is 0 Å². The number of anilines is 1. The van der Waals surface area contributed by atoms with Crippen LogP contribution in [0.15, 0.2) is 29.1 Å². The van der Waals surface area contributed by atoms with Gasteiger partial charge in [0.2, 0.25) is 11.2 Å². The Kier molecular flexibility index (Phi) is 8.49. The lowest BCUT2D eigenvalue weighted by Crippen LogP contribution is -2.37. The SMILES string of the molecule is CN[C@@H]1CCc2cc(OC)c(OC)c(OC)c2-c2ccc(NCCCN3CCOCC3)c(=O)cc21. The van der Waals surface area contributed by atoms with Crippen molar-refractivity contribution in [3.8, 4) is 28.4 Å². The molecule has 2 aliphatic rings. The molecule has 0 spiro atoms. The Bertz CT molecular complexity index is 1090. The van der Waals surface area contributed by atoms with Crippen LogP contribution in [0.2, 0.25) is 0 Å². The fourth-order valence-corrected chi connectivity index (χ4v) is 5.11. The zero-order valence-corrected chi connectivity index (χ0v) is 21.2. The Hall–Kier alpha value is -2.81. The molecule has 1 aliphatic carbocycles. The van der Waals surface area contributed by atoms with E-state index in [-0.39, 0.29) is 11.5 Å². The summed E-state index contributed by atoms with van der Waals surface area (Å²) in [5.74, 6) is 1.82. The predicted octanol–water partition coefficient (Wildman–Crippen LogP) is 3.08. The lowest BCUT2D eigenvalue weighted by atomic mass is 9.95. The first kappa shape index (κ1) is 25.3. The van der Waals surface area contributed by atoms with E-state index in [1.165, 1.54) is 0 Å². The van der Waals surface area contributed by atoms with Gasteiger partial charge in [0.05, 0.1) is 40.2 Å². The maximum Gasteiger partial charge on any atom is 0.203 e. The monoisotopic (exact) mass is 483 g/mol. The third-order valence-electron chi connectivity index (χ3n) is 6.96. The zero-order valence-electron chi connectivity index (χ0n) is 21.2. The normalized spacial score (nSPS) is 17.7. The van der Waals surface area contributed by atoms with Gasteiger partial charge in [-0.3, -0.25) is 9.69 Å². The highest BCUT2D eigenvalue weighted by Gasteiger charge is 2.28. The number of methoxy groups -OCH3 is 3. The van der Waals surface area contributed by atoms with E-state index in [1.807, 2.05) is 25.2 Å². The van der Waals surface area contributed by atoms with Gasteiger partial charge in [-0.05, 0) is 67.7 Å². The number of hydrogen-bond donors (Lipinski definition) is 2. The van der Waals surface area contributed by atoms with Crippen molar-refractivity contribution in [2.24, 2.45) is 0 Å². The van der Waals surface area contributed by atoms with Crippen LogP contribution in [0, 0.1) is 0 Å². The first-order valence-corrected chi connectivity index (χ1v) is 12.3. The number of rotatable bonds is 9. The van der Waals surface area contributed by atoms with Crippen molar-refractivity contribution in [1.82, 2.24) is 10.2 Å². The van der Waals surface area contributed by atoms with Crippen LogP contribution < -0.4 is 30.3 Å². The number of ether oxygens (including phenoxy) is 4. The van der Waals surface area contributed by atoms with Crippen molar-refractivity contribution < 1.29 is 18.9 Å². The average Bonchev–Trinajstić information content (AvgIpc) is 3.14. The molecule has 1 heterocycles. The molecule has 0 aromatic heterocycles. The maximum absolute atomic E-state index is 13.3. The fraction of sp³-hybridized carbons (Fsp3) is 0.519. The minimum atomic E-state index is -0.0132. The summed E-state index contributed by atoms with van der Waals surface area (Å²) in [5, 5.41) is 6.77. The van der Waals surface area contributed by atoms with Crippen molar-refractivity contribution in [1.29, 1.82) is 0 Å². The van der Waals surface area contributed by atoms with E-state index < -0.39 is 0 Å². The van der Waals surface area contributed by atoms with Crippen LogP contribution in [0.5, 0.6) is 17.2 Å². The molecule has 0 radical (unpaired) electrons. The van der Waals surface area contributed by atoms with E-state index in [9.17, 15) is 4.79 Å². The topological polar surface area (TPSA) is 81.3 Å². The molecule has 0 bridgehead atoms. The van der Waals surface area contributed by atoms with Crippen LogP contribution in [-0.2, 0) is 11.2 Å². The molecule has 190 valence electrons. The number of benzene rings is 1. The molecule has 2 N–H and O–H groups in total. The molecule has 2 aromatic carbocycles. The van der Waals surface area contributed by atoms with Crippen molar-refractivity contribution in [3.63, 3.8) is 0 Å². The van der Waals surface area contributed by atoms with Crippen molar-refractivity contribution in [2.45, 2.75) is 25.3 Å². The minimum absolute atomic E-state index is 0.0132. The Balaban J connectivity index is 1.69. The maximum atomic E-state index is 13.3. The highest BCUT2D eigenvalue weighted by Crippen LogP contribution is 2.50. The molecule has 8 heteroatoms. The second-order valence-electron chi connectivity index (χ2n) is 8.92. The quantitative estimate of drug-likeness (QED) is 0.527. The number of nitrogens with zero attached hydrogens (tertiary/aromatic N) is 1. The van der Waals surface area contributed by atoms with Crippen molar-refractivity contribution in [3.05, 3.63) is 45.6 Å². The molecular weight excluding hydrogens is 446 g/mol. The van der Waals surface area contributed by atoms with Crippen molar-refractivity contribution in [2.75, 3.05) is 73.1 Å². The Morgan fingerprint density at radius 1 is 1.06 bits per heavy atom. The van der Waals surface area contributed by atoms with Crippen molar-refractivity contribution >= 4 is 5.69 Å². The Morgan fingerprint density at radius 3 is 2.51 bits per heavy atom. The molecule has 1 saturated heterocycles. The first-order chi connectivity index (χ1) is 17.1. The van der Waals surface area contributed by atoms with Gasteiger partial charge in [0.1, 0.15) is 0 Å². The van der Waals surface area contributed by atoms with E-state index in [4.69, 9.17) is 18.9 Å². The van der Waals surface area contributed by atoms with Crippen LogP contribution >= 0.6 is 0 Å². The molecule has 1 atom stereocenters. The first-order valence-electron chi connectivity index (χ1n) is 12.3. The number of morpholine rings is 1. The molecule has 8 nitrogen and oxygen atoms in total. The lowest BCUT2D eigenvalue weighted by molar-refractivity contribution is 0.0378. The van der Waals surface area contributed by atoms with Crippen LogP contribution in [-0.4, -0.2) is 72.7 Å². The molecule has 1 aliphatic heterocycles. The Labute approximate surface area is 207 Å². The molecule has 0 saturated carbocycles. The summed E-state index contributed by atoms with van der Waals surface area (Å²) < 4.78 is 22.5. The largest absolute Gasteiger partial charge is 0.493 e. The van der Waals surface area contributed by atoms with Crippen LogP contribution in [0.25, 0.3) is 11.1 Å². The summed E-state index contributed by atoms with van der Waals surface area (Å²) in [7, 11) is 6.82. The van der Waals surface area contributed by atoms with Gasteiger partial charge in [-0.1, -0.05) is 6.07 Å². The average molecular weight is 484 g/mol. The van der Waals surface area contributed by atoms with Gasteiger partial charge in [0.25, 0.3) is 0 Å². The zero-order chi connectivity index (χ0) is 24.8. The molecule has 4 rings (SSSR count). The molecule has 0 amide bonds. The standard InChI is InChI=1S/C27H37N3O5/c1-28-21-8-6-18-16-24(32-2)26(33-3)27(34-4)25(18)19-7-9-22(23(31)17-20(19)21)29-10-5-11-30-12-14-35-15-13-30/h7,9,16-17,21,28H,5-6,8,10-15H2,1-4H3,(H,29,31)/t21-/m1/s1. The third kappa shape index (κ3) is 5.39. The van der Waals surface area contributed by atoms with E-state index in [0.717, 1.165) is 80.9 Å². The van der Waals surface area contributed by atoms with E-state index in [0.29, 0.717) is 22.9 Å². The number of fused-ring (bicyclic) bond motifs is 3. The third-order valence-corrected chi connectivity index (χ3v) is 6.96. The molecule has 1 fully saturated rings. The summed E-state index contributed by atoms with van der Waals surface area (Å²) in [5.41, 5.74) is 4.58. The van der Waals surface area contributed by atoms with Crippen LogP contribution in [0.1, 0.15) is 30.0 Å². The van der Waals surface area contributed by atoms with E-state index >= 15 is 0 Å². The molecule has 2 aromatic rings. The minimum Gasteiger partial charge on any atom is -0.493 e. The summed E-state index contributed by atoms with van der Waals surface area (Å²) in [6.45, 7) is 5.27. The van der Waals surface area contributed by atoms with Gasteiger partial charge in [0, 0.05) is 31.2 Å².